The molecule has 53 heavy (non-hydrogen) atoms. The van der Waals surface area contributed by atoms with Gasteiger partial charge in [0.2, 0.25) is 0 Å². The van der Waals surface area contributed by atoms with Gasteiger partial charge in [0, 0.05) is 53.1 Å². The molecule has 0 saturated carbocycles. The third-order valence-electron chi connectivity index (χ3n) is 10.9. The monoisotopic (exact) mass is 697 g/mol. The van der Waals surface area contributed by atoms with Crippen molar-refractivity contribution in [1.82, 2.24) is 15.0 Å². The van der Waals surface area contributed by atoms with Gasteiger partial charge in [-0.05, 0) is 75.8 Å². The Morgan fingerprint density at radius 3 is 1.98 bits per heavy atom. The SMILES string of the molecule is CC1(C)c2cc(-c3cccc(-c4nc(-c5ccccc5)nc(-c5cccc6c5sc5ccccc56)n4)c3)ccc2-c2cc3oc4ccccc4c3cc21. The second-order valence-corrected chi connectivity index (χ2v) is 15.5. The first-order chi connectivity index (χ1) is 26.0. The molecule has 0 N–H and O–H groups in total. The van der Waals surface area contributed by atoms with Crippen molar-refractivity contribution in [3.63, 3.8) is 0 Å². The Labute approximate surface area is 310 Å². The van der Waals surface area contributed by atoms with Crippen LogP contribution in [0.15, 0.2) is 156 Å². The molecule has 10 aromatic rings. The molecule has 0 amide bonds. The average Bonchev–Trinajstić information content (AvgIpc) is 3.84. The van der Waals surface area contributed by atoms with Gasteiger partial charge in [-0.1, -0.05) is 123 Å². The van der Waals surface area contributed by atoms with Crippen molar-refractivity contribution in [3.8, 4) is 56.4 Å². The largest absolute Gasteiger partial charge is 0.456 e. The Morgan fingerprint density at radius 1 is 0.434 bits per heavy atom. The van der Waals surface area contributed by atoms with Gasteiger partial charge in [0.1, 0.15) is 11.2 Å². The number of hydrogen-bond acceptors (Lipinski definition) is 5. The van der Waals surface area contributed by atoms with Crippen molar-refractivity contribution >= 4 is 53.4 Å². The molecule has 3 aromatic heterocycles. The van der Waals surface area contributed by atoms with E-state index < -0.39 is 0 Å². The number of thiophene rings is 1. The van der Waals surface area contributed by atoms with Crippen molar-refractivity contribution in [3.05, 3.63) is 163 Å². The summed E-state index contributed by atoms with van der Waals surface area (Å²) in [5.74, 6) is 1.98. The van der Waals surface area contributed by atoms with Gasteiger partial charge in [-0.25, -0.2) is 15.0 Å². The third-order valence-corrected chi connectivity index (χ3v) is 12.2. The summed E-state index contributed by atoms with van der Waals surface area (Å²) in [5.41, 5.74) is 12.0. The molecule has 0 fully saturated rings. The summed E-state index contributed by atoms with van der Waals surface area (Å²) in [5, 5.41) is 4.80. The van der Waals surface area contributed by atoms with Crippen LogP contribution in [-0.4, -0.2) is 15.0 Å². The van der Waals surface area contributed by atoms with Crippen LogP contribution < -0.4 is 0 Å². The van der Waals surface area contributed by atoms with Crippen molar-refractivity contribution in [2.45, 2.75) is 19.3 Å². The maximum absolute atomic E-state index is 6.30. The summed E-state index contributed by atoms with van der Waals surface area (Å²) in [6.07, 6.45) is 0. The minimum Gasteiger partial charge on any atom is -0.456 e. The van der Waals surface area contributed by atoms with Crippen molar-refractivity contribution in [2.75, 3.05) is 0 Å². The molecule has 0 bridgehead atoms. The number of benzene rings is 7. The average molecular weight is 698 g/mol. The number of rotatable bonds is 4. The fraction of sp³-hybridized carbons (Fsp3) is 0.0625. The number of aromatic nitrogens is 3. The first-order valence-electron chi connectivity index (χ1n) is 17.9. The fourth-order valence-corrected chi connectivity index (χ4v) is 9.45. The summed E-state index contributed by atoms with van der Waals surface area (Å²) in [6.45, 7) is 4.67. The molecule has 7 aromatic carbocycles. The van der Waals surface area contributed by atoms with E-state index >= 15 is 0 Å². The number of nitrogens with zero attached hydrogens (tertiary/aromatic N) is 3. The van der Waals surface area contributed by atoms with Crippen LogP contribution in [0.4, 0.5) is 0 Å². The first-order valence-corrected chi connectivity index (χ1v) is 18.7. The van der Waals surface area contributed by atoms with Crippen LogP contribution in [0, 0.1) is 0 Å². The van der Waals surface area contributed by atoms with Crippen LogP contribution in [-0.2, 0) is 5.41 Å². The van der Waals surface area contributed by atoms with E-state index in [0.717, 1.165) is 44.4 Å². The lowest BCUT2D eigenvalue weighted by molar-refractivity contribution is 0.658. The lowest BCUT2D eigenvalue weighted by atomic mass is 9.81. The Hall–Kier alpha value is -6.43. The van der Waals surface area contributed by atoms with Crippen molar-refractivity contribution in [2.24, 2.45) is 0 Å². The van der Waals surface area contributed by atoms with Crippen LogP contribution in [0.5, 0.6) is 0 Å². The molecule has 0 unspecified atom stereocenters. The minimum atomic E-state index is -0.174. The number of furan rings is 1. The normalized spacial score (nSPS) is 13.2. The minimum absolute atomic E-state index is 0.174. The molecule has 0 atom stereocenters. The van der Waals surface area contributed by atoms with E-state index in [9.17, 15) is 0 Å². The Kier molecular flexibility index (Phi) is 6.43. The second kappa shape index (κ2) is 11.3. The number of para-hydroxylation sites is 1. The smallest absolute Gasteiger partial charge is 0.165 e. The molecule has 11 rings (SSSR count). The molecule has 0 aliphatic heterocycles. The van der Waals surface area contributed by atoms with Gasteiger partial charge in [0.25, 0.3) is 0 Å². The lowest BCUT2D eigenvalue weighted by Gasteiger charge is -2.22. The van der Waals surface area contributed by atoms with Gasteiger partial charge in [-0.3, -0.25) is 0 Å². The second-order valence-electron chi connectivity index (χ2n) is 14.4. The van der Waals surface area contributed by atoms with Crippen LogP contribution in [0.25, 0.3) is 98.5 Å². The highest BCUT2D eigenvalue weighted by atomic mass is 32.1. The van der Waals surface area contributed by atoms with Crippen molar-refractivity contribution in [1.29, 1.82) is 0 Å². The maximum atomic E-state index is 6.30. The van der Waals surface area contributed by atoms with Crippen LogP contribution >= 0.6 is 11.3 Å². The summed E-state index contributed by atoms with van der Waals surface area (Å²) in [6, 6.07) is 53.6. The summed E-state index contributed by atoms with van der Waals surface area (Å²) >= 11 is 1.79. The van der Waals surface area contributed by atoms with E-state index in [2.05, 4.69) is 135 Å². The predicted molar refractivity (Wildman–Crippen MR) is 219 cm³/mol. The van der Waals surface area contributed by atoms with Crippen LogP contribution in [0.2, 0.25) is 0 Å². The van der Waals surface area contributed by atoms with Crippen molar-refractivity contribution < 1.29 is 4.42 Å². The fourth-order valence-electron chi connectivity index (χ4n) is 8.24. The Morgan fingerprint density at radius 2 is 1.09 bits per heavy atom. The topological polar surface area (TPSA) is 51.8 Å². The van der Waals surface area contributed by atoms with Gasteiger partial charge in [0.15, 0.2) is 17.5 Å². The van der Waals surface area contributed by atoms with E-state index in [-0.39, 0.29) is 5.41 Å². The zero-order valence-electron chi connectivity index (χ0n) is 29.1. The van der Waals surface area contributed by atoms with E-state index in [1.165, 1.54) is 47.8 Å². The molecule has 0 radical (unpaired) electrons. The summed E-state index contributed by atoms with van der Waals surface area (Å²) in [7, 11) is 0. The highest BCUT2D eigenvalue weighted by molar-refractivity contribution is 7.26. The highest BCUT2D eigenvalue weighted by Crippen LogP contribution is 2.52. The van der Waals surface area contributed by atoms with Gasteiger partial charge in [-0.2, -0.15) is 0 Å². The first kappa shape index (κ1) is 30.2. The third kappa shape index (κ3) is 4.64. The van der Waals surface area contributed by atoms with Gasteiger partial charge >= 0.3 is 0 Å². The molecule has 5 heteroatoms. The number of hydrogen-bond donors (Lipinski definition) is 0. The van der Waals surface area contributed by atoms with E-state index in [0.29, 0.717) is 17.5 Å². The maximum Gasteiger partial charge on any atom is 0.165 e. The molecule has 0 spiro atoms. The van der Waals surface area contributed by atoms with E-state index in [4.69, 9.17) is 19.4 Å². The molecule has 1 aliphatic rings. The molecule has 4 nitrogen and oxygen atoms in total. The standard InChI is InChI=1S/C48H31N3OS/c1-48(2)39-25-30(22-23-32(39)37-27-42-38(26-40(37)48)33-16-6-8-20-41(33)52-42)29-14-10-15-31(24-29)46-49-45(28-12-4-3-5-13-28)50-47(51-46)36-19-11-18-35-34-17-7-9-21-43(34)53-44(35)36/h3-27H,1-2H3. The van der Waals surface area contributed by atoms with E-state index in [1.807, 2.05) is 30.3 Å². The summed E-state index contributed by atoms with van der Waals surface area (Å²) in [4.78, 5) is 15.3. The van der Waals surface area contributed by atoms with Gasteiger partial charge in [0.05, 0.1) is 0 Å². The van der Waals surface area contributed by atoms with Crippen LogP contribution in [0.1, 0.15) is 25.0 Å². The number of fused-ring (bicyclic) bond motifs is 9. The van der Waals surface area contributed by atoms with Crippen LogP contribution in [0.3, 0.4) is 0 Å². The molecular weight excluding hydrogens is 667 g/mol. The zero-order chi connectivity index (χ0) is 35.3. The molecule has 1 aliphatic carbocycles. The highest BCUT2D eigenvalue weighted by Gasteiger charge is 2.36. The summed E-state index contributed by atoms with van der Waals surface area (Å²) < 4.78 is 8.74. The molecule has 3 heterocycles. The zero-order valence-corrected chi connectivity index (χ0v) is 29.9. The lowest BCUT2D eigenvalue weighted by Crippen LogP contribution is -2.15. The van der Waals surface area contributed by atoms with E-state index in [1.54, 1.807) is 11.3 Å². The predicted octanol–water partition coefficient (Wildman–Crippen LogP) is 13.1. The quantitative estimate of drug-likeness (QED) is 0.184. The van der Waals surface area contributed by atoms with Gasteiger partial charge in [-0.15, -0.1) is 11.3 Å². The molecule has 0 saturated heterocycles. The Bertz CT molecular complexity index is 3100. The molecular formula is C48H31N3OS. The van der Waals surface area contributed by atoms with Gasteiger partial charge < -0.3 is 4.42 Å². The molecule has 250 valence electrons. The Balaban J connectivity index is 1.03.